The van der Waals surface area contributed by atoms with Crippen LogP contribution in [0.2, 0.25) is 5.02 Å². The molecule has 10 nitrogen and oxygen atoms in total. The van der Waals surface area contributed by atoms with Gasteiger partial charge in [-0.1, -0.05) is 29.8 Å². The lowest BCUT2D eigenvalue weighted by Crippen LogP contribution is -2.37. The van der Waals surface area contributed by atoms with Crippen LogP contribution in [-0.4, -0.2) is 52.4 Å². The molecular weight excluding hydrogens is 613 g/mol. The van der Waals surface area contributed by atoms with E-state index < -0.39 is 48.6 Å². The van der Waals surface area contributed by atoms with Gasteiger partial charge in [0.05, 0.1) is 17.8 Å². The zero-order chi connectivity index (χ0) is 31.6. The summed E-state index contributed by atoms with van der Waals surface area (Å²) in [7, 11) is 0. The molecule has 5 aromatic rings. The van der Waals surface area contributed by atoms with E-state index in [1.807, 2.05) is 0 Å². The summed E-state index contributed by atoms with van der Waals surface area (Å²) in [6, 6.07) is 15.4. The van der Waals surface area contributed by atoms with Crippen LogP contribution in [0.1, 0.15) is 21.7 Å². The molecule has 228 valence electrons. The zero-order valence-corrected chi connectivity index (χ0v) is 23.1. The lowest BCUT2D eigenvalue weighted by molar-refractivity contribution is -0.207. The Balaban J connectivity index is 1.41. The molecule has 0 fully saturated rings. The molecule has 16 heteroatoms. The van der Waals surface area contributed by atoms with Crippen molar-refractivity contribution >= 4 is 17.5 Å². The number of para-hydroxylation sites is 1. The topological polar surface area (TPSA) is 120 Å². The van der Waals surface area contributed by atoms with Crippen LogP contribution in [0.25, 0.3) is 17.1 Å². The Morgan fingerprint density at radius 1 is 0.977 bits per heavy atom. The Kier molecular flexibility index (Phi) is 8.60. The average Bonchev–Trinajstić information content (AvgIpc) is 3.57. The van der Waals surface area contributed by atoms with Gasteiger partial charge in [0.1, 0.15) is 24.5 Å². The Labute approximate surface area is 250 Å². The quantitative estimate of drug-likeness (QED) is 0.236. The molecule has 0 spiro atoms. The molecule has 0 aliphatic carbocycles. The summed E-state index contributed by atoms with van der Waals surface area (Å²) in [5.41, 5.74) is -0.672. The van der Waals surface area contributed by atoms with Crippen molar-refractivity contribution in [3.63, 3.8) is 0 Å². The molecule has 0 radical (unpaired) electrons. The smallest absolute Gasteiger partial charge is 0.382 e. The first-order chi connectivity index (χ1) is 20.9. The van der Waals surface area contributed by atoms with Crippen LogP contribution in [-0.2, 0) is 19.6 Å². The number of aliphatic hydroxyl groups is 1. The maximum Gasteiger partial charge on any atom is 0.416 e. The van der Waals surface area contributed by atoms with Gasteiger partial charge >= 0.3 is 11.9 Å². The van der Waals surface area contributed by atoms with E-state index in [2.05, 4.69) is 20.5 Å². The summed E-state index contributed by atoms with van der Waals surface area (Å²) in [4.78, 5) is 30.2. The average molecular weight is 634 g/mol. The molecule has 1 unspecified atom stereocenters. The number of carbonyl (C=O) groups excluding carboxylic acids is 1. The minimum Gasteiger partial charge on any atom is -0.382 e. The number of rotatable bonds is 9. The van der Waals surface area contributed by atoms with Gasteiger partial charge in [-0.05, 0) is 48.5 Å². The zero-order valence-electron chi connectivity index (χ0n) is 22.3. The second kappa shape index (κ2) is 12.4. The van der Waals surface area contributed by atoms with Crippen LogP contribution in [0.15, 0.2) is 77.9 Å². The third-order valence-corrected chi connectivity index (χ3v) is 6.72. The molecule has 3 aromatic carbocycles. The van der Waals surface area contributed by atoms with E-state index in [9.17, 15) is 36.6 Å². The fourth-order valence-electron chi connectivity index (χ4n) is 4.25. The van der Waals surface area contributed by atoms with Crippen molar-refractivity contribution in [2.75, 3.05) is 0 Å². The predicted molar refractivity (Wildman–Crippen MR) is 147 cm³/mol. The van der Waals surface area contributed by atoms with Gasteiger partial charge in [-0.25, -0.2) is 27.9 Å². The summed E-state index contributed by atoms with van der Waals surface area (Å²) in [6.45, 7) is -1.90. The Hall–Kier alpha value is -4.89. The second-order valence-electron chi connectivity index (χ2n) is 9.44. The van der Waals surface area contributed by atoms with E-state index in [0.29, 0.717) is 9.59 Å². The number of aliphatic hydroxyl groups excluding tert-OH is 1. The Morgan fingerprint density at radius 3 is 2.34 bits per heavy atom. The number of nitrogens with zero attached hydrogens (tertiary/aromatic N) is 6. The van der Waals surface area contributed by atoms with E-state index in [1.54, 1.807) is 12.1 Å². The normalized spacial score (nSPS) is 12.3. The summed E-state index contributed by atoms with van der Waals surface area (Å²) < 4.78 is 70.2. The Morgan fingerprint density at radius 2 is 1.66 bits per heavy atom. The molecule has 1 amide bonds. The third kappa shape index (κ3) is 6.53. The molecule has 5 rings (SSSR count). The first kappa shape index (κ1) is 30.6. The van der Waals surface area contributed by atoms with Gasteiger partial charge in [0, 0.05) is 22.7 Å². The molecule has 0 bridgehead atoms. The molecule has 2 heterocycles. The number of benzene rings is 3. The largest absolute Gasteiger partial charge is 0.416 e. The third-order valence-electron chi connectivity index (χ3n) is 6.47. The van der Waals surface area contributed by atoms with Crippen LogP contribution < -0.4 is 11.0 Å². The maximum atomic E-state index is 14.0. The molecule has 0 saturated carbocycles. The molecule has 0 aliphatic heterocycles. The van der Waals surface area contributed by atoms with Crippen LogP contribution in [0, 0.1) is 11.6 Å². The predicted octanol–water partition coefficient (Wildman–Crippen LogP) is 4.13. The minimum atomic E-state index is -4.98. The number of amides is 1. The molecule has 0 saturated heterocycles. The number of alkyl halides is 3. The van der Waals surface area contributed by atoms with Crippen molar-refractivity contribution in [3.05, 3.63) is 117 Å². The van der Waals surface area contributed by atoms with Crippen molar-refractivity contribution in [3.8, 4) is 17.1 Å². The van der Waals surface area contributed by atoms with Gasteiger partial charge in [-0.15, -0.1) is 10.2 Å². The lowest BCUT2D eigenvalue weighted by atomic mass is 10.1. The van der Waals surface area contributed by atoms with Crippen molar-refractivity contribution in [2.24, 2.45) is 0 Å². The van der Waals surface area contributed by atoms with Crippen LogP contribution >= 0.6 is 11.6 Å². The highest BCUT2D eigenvalue weighted by molar-refractivity contribution is 6.30. The fraction of sp³-hybridized carbons (Fsp3) is 0.179. The molecular formula is C28H21ClF5N7O3. The number of hydrogen-bond donors (Lipinski definition) is 2. The monoisotopic (exact) mass is 633 g/mol. The van der Waals surface area contributed by atoms with E-state index >= 15 is 0 Å². The molecule has 44 heavy (non-hydrogen) atoms. The van der Waals surface area contributed by atoms with Gasteiger partial charge in [-0.3, -0.25) is 9.36 Å². The number of halogens is 6. The molecule has 1 atom stereocenters. The van der Waals surface area contributed by atoms with Gasteiger partial charge < -0.3 is 10.4 Å². The minimum absolute atomic E-state index is 0.0133. The van der Waals surface area contributed by atoms with Gasteiger partial charge in [0.25, 0.3) is 5.91 Å². The van der Waals surface area contributed by atoms with Crippen LogP contribution in [0.5, 0.6) is 0 Å². The number of hydrogen-bond acceptors (Lipinski definition) is 6. The highest BCUT2D eigenvalue weighted by Crippen LogP contribution is 2.24. The van der Waals surface area contributed by atoms with Crippen molar-refractivity contribution < 1.29 is 31.9 Å². The number of nitrogens with one attached hydrogen (secondary N) is 1. The lowest BCUT2D eigenvalue weighted by Gasteiger charge is -2.15. The van der Waals surface area contributed by atoms with Crippen molar-refractivity contribution in [2.45, 2.75) is 31.9 Å². The SMILES string of the molecule is O=C(NCc1c(F)cccc1F)c1ccccc1-n1cnc(Cn2nc(-c3ccc(Cl)cc3)n(CC(O)C(F)(F)F)c2=O)n1. The molecule has 0 aliphatic rings. The summed E-state index contributed by atoms with van der Waals surface area (Å²) >= 11 is 5.91. The first-order valence-electron chi connectivity index (χ1n) is 12.8. The molecule has 2 aromatic heterocycles. The fourth-order valence-corrected chi connectivity index (χ4v) is 4.37. The highest BCUT2D eigenvalue weighted by Gasteiger charge is 2.39. The van der Waals surface area contributed by atoms with E-state index in [4.69, 9.17) is 11.6 Å². The van der Waals surface area contributed by atoms with Crippen molar-refractivity contribution in [1.82, 2.24) is 34.4 Å². The first-order valence-corrected chi connectivity index (χ1v) is 13.2. The second-order valence-corrected chi connectivity index (χ2v) is 9.88. The van der Waals surface area contributed by atoms with Crippen LogP contribution in [0.4, 0.5) is 22.0 Å². The number of aromatic nitrogens is 6. The Bertz CT molecular complexity index is 1850. The maximum absolute atomic E-state index is 14.0. The summed E-state index contributed by atoms with van der Waals surface area (Å²) in [5.74, 6) is -2.43. The highest BCUT2D eigenvalue weighted by atomic mass is 35.5. The van der Waals surface area contributed by atoms with Crippen molar-refractivity contribution in [1.29, 1.82) is 0 Å². The van der Waals surface area contributed by atoms with E-state index in [1.165, 1.54) is 53.5 Å². The van der Waals surface area contributed by atoms with E-state index in [-0.39, 0.29) is 40.6 Å². The van der Waals surface area contributed by atoms with Crippen LogP contribution in [0.3, 0.4) is 0 Å². The van der Waals surface area contributed by atoms with Gasteiger partial charge in [0.2, 0.25) is 0 Å². The van der Waals surface area contributed by atoms with E-state index in [0.717, 1.165) is 16.8 Å². The summed E-state index contributed by atoms with van der Waals surface area (Å²) in [6.07, 6.45) is -6.57. The summed E-state index contributed by atoms with van der Waals surface area (Å²) in [5, 5.41) is 20.9. The standard InChI is InChI=1S/C28H21ClF5N7O3/c29-17-10-8-16(9-11-17)25-38-40(27(44)39(25)13-23(42)28(32,33)34)14-24-36-15-41(37-24)22-7-2-1-4-18(22)26(43)35-12-19-20(30)5-3-6-21(19)31/h1-11,15,23,42H,12-14H2,(H,35,43). The molecule has 2 N–H and O–H groups in total. The number of carbonyl (C=O) groups is 1. The van der Waals surface area contributed by atoms with Gasteiger partial charge in [-0.2, -0.15) is 13.2 Å². The van der Waals surface area contributed by atoms with Gasteiger partial charge in [0.15, 0.2) is 17.8 Å².